The summed E-state index contributed by atoms with van der Waals surface area (Å²) in [6, 6.07) is 2.70. The highest BCUT2D eigenvalue weighted by Gasteiger charge is 2.37. The largest absolute Gasteiger partial charge is 0.481 e. The van der Waals surface area contributed by atoms with Gasteiger partial charge in [-0.15, -0.1) is 11.3 Å². The number of carbonyl (C=O) groups excluding carboxylic acids is 2. The minimum absolute atomic E-state index is 0.0259. The zero-order chi connectivity index (χ0) is 30.1. The van der Waals surface area contributed by atoms with Crippen molar-refractivity contribution in [2.24, 2.45) is 0 Å². The normalized spacial score (nSPS) is 19.4. The summed E-state index contributed by atoms with van der Waals surface area (Å²) in [5, 5.41) is 10.3. The molecule has 2 saturated heterocycles. The quantitative estimate of drug-likeness (QED) is 0.235. The van der Waals surface area contributed by atoms with Gasteiger partial charge in [-0.3, -0.25) is 19.3 Å². The van der Waals surface area contributed by atoms with Crippen molar-refractivity contribution in [1.29, 1.82) is 0 Å². The first-order valence-electron chi connectivity index (χ1n) is 11.9. The highest BCUT2D eigenvalue weighted by molar-refractivity contribution is 8.26. The molecule has 0 radical (unpaired) electrons. The lowest BCUT2D eigenvalue weighted by molar-refractivity contribution is -0.147. The average Bonchev–Trinajstić information content (AvgIpc) is 3.45. The zero-order valence-electron chi connectivity index (χ0n) is 20.8. The molecule has 220 valence electrons. The van der Waals surface area contributed by atoms with Crippen LogP contribution in [0.3, 0.4) is 0 Å². The van der Waals surface area contributed by atoms with E-state index in [1.165, 1.54) is 27.3 Å². The van der Waals surface area contributed by atoms with Crippen molar-refractivity contribution in [3.05, 3.63) is 50.6 Å². The second-order valence-corrected chi connectivity index (χ2v) is 11.7. The summed E-state index contributed by atoms with van der Waals surface area (Å²) in [5.41, 5.74) is -3.02. The molecule has 1 N–H and O–H groups in total. The number of hydrogen-bond donors (Lipinski definition) is 1. The number of ether oxygens (including phenoxy) is 1. The molecule has 2 amide bonds. The molecule has 2 aliphatic heterocycles. The molecule has 0 aliphatic carbocycles. The smallest absolute Gasteiger partial charge is 0.416 e. The molecule has 2 fully saturated rings. The first kappa shape index (κ1) is 31.0. The Labute approximate surface area is 242 Å². The van der Waals surface area contributed by atoms with Gasteiger partial charge in [0.05, 0.1) is 35.2 Å². The third-order valence-corrected chi connectivity index (χ3v) is 8.39. The second-order valence-electron chi connectivity index (χ2n) is 9.05. The maximum atomic E-state index is 13.2. The van der Waals surface area contributed by atoms with Crippen LogP contribution in [-0.2, 0) is 31.5 Å². The van der Waals surface area contributed by atoms with Gasteiger partial charge < -0.3 is 14.7 Å². The Kier molecular flexibility index (Phi) is 9.16. The molecule has 41 heavy (non-hydrogen) atoms. The monoisotopic (exact) mass is 638 g/mol. The van der Waals surface area contributed by atoms with Crippen molar-refractivity contribution in [3.63, 3.8) is 0 Å². The van der Waals surface area contributed by atoms with Crippen LogP contribution in [0.15, 0.2) is 34.6 Å². The van der Waals surface area contributed by atoms with E-state index in [0.29, 0.717) is 17.0 Å². The van der Waals surface area contributed by atoms with Gasteiger partial charge in [-0.1, -0.05) is 24.0 Å². The highest BCUT2D eigenvalue weighted by atomic mass is 32.2. The Morgan fingerprint density at radius 1 is 1.07 bits per heavy atom. The number of hydrogen-bond acceptors (Lipinski definition) is 7. The zero-order valence-corrected chi connectivity index (χ0v) is 23.2. The molecule has 3 heterocycles. The van der Waals surface area contributed by atoms with Crippen molar-refractivity contribution < 1.29 is 50.6 Å². The first-order chi connectivity index (χ1) is 19.1. The SMILES string of the molecule is O=C(O)CC1CN(C(=O)CCN2C(=O)C(=Cc3cc(-c4cc(C(F)(F)F)cc(C(F)(F)F)c4)cs3)SC2=S)CCO1. The lowest BCUT2D eigenvalue weighted by Crippen LogP contribution is -2.47. The Balaban J connectivity index is 1.45. The van der Waals surface area contributed by atoms with Gasteiger partial charge in [0, 0.05) is 30.9 Å². The number of nitrogens with zero attached hydrogens (tertiary/aromatic N) is 2. The van der Waals surface area contributed by atoms with Gasteiger partial charge >= 0.3 is 18.3 Å². The highest BCUT2D eigenvalue weighted by Crippen LogP contribution is 2.40. The molecule has 2 aliphatic rings. The summed E-state index contributed by atoms with van der Waals surface area (Å²) in [6.07, 6.45) is -9.47. The molecule has 7 nitrogen and oxygen atoms in total. The van der Waals surface area contributed by atoms with Crippen molar-refractivity contribution in [2.45, 2.75) is 31.3 Å². The third-order valence-electron chi connectivity index (χ3n) is 6.13. The Bertz CT molecular complexity index is 1370. The standard InChI is InChI=1S/C25H20F6N2O5S3/c26-24(27,28)15-5-13(6-16(8-15)25(29,30)31)14-7-18(40-12-14)10-19-22(37)33(23(39)41-19)2-1-20(34)32-3-4-38-17(11-32)9-21(35)36/h5-8,10,12,17H,1-4,9,11H2,(H,35,36). The topological polar surface area (TPSA) is 87.2 Å². The van der Waals surface area contributed by atoms with Crippen molar-refractivity contribution in [3.8, 4) is 11.1 Å². The number of alkyl halides is 6. The van der Waals surface area contributed by atoms with Crippen LogP contribution in [0.5, 0.6) is 0 Å². The first-order valence-corrected chi connectivity index (χ1v) is 14.0. The number of morpholine rings is 1. The fourth-order valence-corrected chi connectivity index (χ4v) is 6.38. The lowest BCUT2D eigenvalue weighted by atomic mass is 10.0. The molecule has 0 spiro atoms. The van der Waals surface area contributed by atoms with Crippen LogP contribution in [-0.4, -0.2) is 69.4 Å². The molecule has 16 heteroatoms. The summed E-state index contributed by atoms with van der Waals surface area (Å²) in [6.45, 7) is 0.557. The van der Waals surface area contributed by atoms with Crippen LogP contribution < -0.4 is 0 Å². The van der Waals surface area contributed by atoms with Crippen molar-refractivity contribution >= 4 is 63.5 Å². The number of carboxylic acids is 1. The summed E-state index contributed by atoms with van der Waals surface area (Å²) < 4.78 is 85.0. The summed E-state index contributed by atoms with van der Waals surface area (Å²) in [5.74, 6) is -1.84. The van der Waals surface area contributed by atoms with Crippen molar-refractivity contribution in [2.75, 3.05) is 26.2 Å². The van der Waals surface area contributed by atoms with E-state index in [4.69, 9.17) is 22.1 Å². The number of thioether (sulfide) groups is 1. The molecule has 0 saturated carbocycles. The molecule has 0 bridgehead atoms. The van der Waals surface area contributed by atoms with Crippen LogP contribution in [0, 0.1) is 0 Å². The van der Waals surface area contributed by atoms with E-state index in [9.17, 15) is 40.7 Å². The van der Waals surface area contributed by atoms with Crippen LogP contribution in [0.1, 0.15) is 28.8 Å². The minimum atomic E-state index is -4.98. The lowest BCUT2D eigenvalue weighted by Gasteiger charge is -2.32. The fraction of sp³-hybridized carbons (Fsp3) is 0.360. The maximum Gasteiger partial charge on any atom is 0.416 e. The number of aliphatic carboxylic acids is 1. The van der Waals surface area contributed by atoms with Gasteiger partial charge in [-0.05, 0) is 46.8 Å². The summed E-state index contributed by atoms with van der Waals surface area (Å²) >= 11 is 7.25. The molecule has 4 rings (SSSR count). The Hall–Kier alpha value is -2.95. The number of thiophene rings is 1. The summed E-state index contributed by atoms with van der Waals surface area (Å²) in [4.78, 5) is 39.8. The number of thiocarbonyl (C=S) groups is 1. The van der Waals surface area contributed by atoms with E-state index in [1.807, 2.05) is 0 Å². The third kappa shape index (κ3) is 7.67. The molecule has 2 aromatic rings. The Morgan fingerprint density at radius 3 is 2.34 bits per heavy atom. The van der Waals surface area contributed by atoms with Crippen molar-refractivity contribution in [1.82, 2.24) is 9.80 Å². The minimum Gasteiger partial charge on any atom is -0.481 e. The van der Waals surface area contributed by atoms with Gasteiger partial charge in [0.1, 0.15) is 4.32 Å². The van der Waals surface area contributed by atoms with E-state index in [0.717, 1.165) is 23.1 Å². The molecule has 1 aromatic heterocycles. The van der Waals surface area contributed by atoms with Crippen LogP contribution in [0.4, 0.5) is 26.3 Å². The van der Waals surface area contributed by atoms with Gasteiger partial charge in [0.2, 0.25) is 5.91 Å². The van der Waals surface area contributed by atoms with Crippen LogP contribution in [0.2, 0.25) is 0 Å². The number of benzene rings is 1. The molecule has 1 unspecified atom stereocenters. The number of rotatable bonds is 7. The maximum absolute atomic E-state index is 13.2. The molecule has 1 aromatic carbocycles. The van der Waals surface area contributed by atoms with E-state index in [-0.39, 0.29) is 71.4 Å². The van der Waals surface area contributed by atoms with E-state index < -0.39 is 41.5 Å². The predicted molar refractivity (Wildman–Crippen MR) is 143 cm³/mol. The average molecular weight is 639 g/mol. The number of halogens is 6. The predicted octanol–water partition coefficient (Wildman–Crippen LogP) is 5.75. The number of carbonyl (C=O) groups is 3. The molecule has 1 atom stereocenters. The van der Waals surface area contributed by atoms with Crippen LogP contribution >= 0.6 is 35.3 Å². The Morgan fingerprint density at radius 2 is 1.73 bits per heavy atom. The molecular formula is C25H20F6N2O5S3. The van der Waals surface area contributed by atoms with E-state index in [1.54, 1.807) is 0 Å². The van der Waals surface area contributed by atoms with Gasteiger partial charge in [0.15, 0.2) is 0 Å². The number of carboxylic acid groups (broad SMARTS) is 1. The van der Waals surface area contributed by atoms with Gasteiger partial charge in [-0.2, -0.15) is 26.3 Å². The van der Waals surface area contributed by atoms with E-state index >= 15 is 0 Å². The second kappa shape index (κ2) is 12.1. The van der Waals surface area contributed by atoms with Gasteiger partial charge in [-0.25, -0.2) is 0 Å². The molecular weight excluding hydrogens is 618 g/mol. The fourth-order valence-electron chi connectivity index (χ4n) is 4.15. The van der Waals surface area contributed by atoms with Crippen LogP contribution in [0.25, 0.3) is 17.2 Å². The number of amides is 2. The summed E-state index contributed by atoms with van der Waals surface area (Å²) in [7, 11) is 0. The van der Waals surface area contributed by atoms with E-state index in [2.05, 4.69) is 0 Å². The van der Waals surface area contributed by atoms with Gasteiger partial charge in [0.25, 0.3) is 5.91 Å².